The second-order valence-corrected chi connectivity index (χ2v) is 11.0. The lowest BCUT2D eigenvalue weighted by molar-refractivity contribution is 0.0882. The van der Waals surface area contributed by atoms with Crippen LogP contribution in [0, 0.1) is 5.82 Å². The number of carbonyl (C=O) groups excluding carboxylic acids is 2. The van der Waals surface area contributed by atoms with E-state index in [1.807, 2.05) is 24.3 Å². The van der Waals surface area contributed by atoms with Gasteiger partial charge < -0.3 is 19.2 Å². The third-order valence-corrected chi connectivity index (χ3v) is 7.88. The molecule has 0 atom stereocenters. The highest BCUT2D eigenvalue weighted by molar-refractivity contribution is 5.99. The van der Waals surface area contributed by atoms with Crippen LogP contribution in [0.5, 0.6) is 17.2 Å². The van der Waals surface area contributed by atoms with Crippen molar-refractivity contribution in [3.05, 3.63) is 125 Å². The van der Waals surface area contributed by atoms with Crippen LogP contribution in [-0.2, 0) is 13.0 Å². The minimum absolute atomic E-state index is 0.0440. The molecule has 6 rings (SSSR count). The van der Waals surface area contributed by atoms with Gasteiger partial charge in [0.2, 0.25) is 0 Å². The molecule has 0 spiro atoms. The van der Waals surface area contributed by atoms with Crippen LogP contribution in [0.2, 0.25) is 0 Å². The zero-order valence-electron chi connectivity index (χ0n) is 24.4. The second kappa shape index (κ2) is 13.1. The SMILES string of the molecule is COc1ccc(CN2CCC(NC(=O)c3cc4cc(CC(=O)c5ccc(Oc6ccc(F)cc6)cc5)ccc4o3)CC2)cc1. The molecule has 0 saturated carbocycles. The van der Waals surface area contributed by atoms with E-state index in [-0.39, 0.29) is 35.7 Å². The summed E-state index contributed by atoms with van der Waals surface area (Å²) in [4.78, 5) is 28.4. The summed E-state index contributed by atoms with van der Waals surface area (Å²) in [7, 11) is 1.67. The van der Waals surface area contributed by atoms with Crippen LogP contribution in [0.1, 0.15) is 44.9 Å². The smallest absolute Gasteiger partial charge is 0.287 e. The molecule has 0 aliphatic carbocycles. The minimum Gasteiger partial charge on any atom is -0.497 e. The summed E-state index contributed by atoms with van der Waals surface area (Å²) < 4.78 is 29.9. The van der Waals surface area contributed by atoms with Gasteiger partial charge in [0.1, 0.15) is 28.6 Å². The van der Waals surface area contributed by atoms with E-state index in [4.69, 9.17) is 13.9 Å². The molecule has 4 aromatic carbocycles. The van der Waals surface area contributed by atoms with Crippen LogP contribution in [0.3, 0.4) is 0 Å². The first-order valence-electron chi connectivity index (χ1n) is 14.7. The highest BCUT2D eigenvalue weighted by atomic mass is 19.1. The van der Waals surface area contributed by atoms with E-state index < -0.39 is 0 Å². The van der Waals surface area contributed by atoms with E-state index in [0.717, 1.165) is 49.2 Å². The van der Waals surface area contributed by atoms with E-state index in [2.05, 4.69) is 22.3 Å². The number of fused-ring (bicyclic) bond motifs is 1. The molecule has 1 saturated heterocycles. The monoisotopic (exact) mass is 592 g/mol. The molecule has 7 nitrogen and oxygen atoms in total. The van der Waals surface area contributed by atoms with Crippen LogP contribution in [0.15, 0.2) is 101 Å². The van der Waals surface area contributed by atoms with Gasteiger partial charge in [-0.3, -0.25) is 14.5 Å². The van der Waals surface area contributed by atoms with E-state index in [1.165, 1.54) is 17.7 Å². The molecule has 1 aliphatic heterocycles. The second-order valence-electron chi connectivity index (χ2n) is 11.0. The van der Waals surface area contributed by atoms with Crippen molar-refractivity contribution in [3.63, 3.8) is 0 Å². The molecule has 0 unspecified atom stereocenters. The lowest BCUT2D eigenvalue weighted by Crippen LogP contribution is -2.44. The molecule has 1 fully saturated rings. The number of benzene rings is 4. The molecule has 2 heterocycles. The number of halogens is 1. The quantitative estimate of drug-likeness (QED) is 0.173. The fourth-order valence-electron chi connectivity index (χ4n) is 5.43. The molecule has 1 N–H and O–H groups in total. The standard InChI is InChI=1S/C36H33FN2O5/c1-42-30-9-2-24(3-10-30)23-39-18-16-29(17-19-39)38-36(41)35-22-27-20-25(4-15-34(27)44-35)21-33(40)26-5-11-31(12-6-26)43-32-13-7-28(37)8-14-32/h2-15,20,22,29H,16-19,21,23H2,1H3,(H,38,41). The molecule has 224 valence electrons. The molecule has 1 aromatic heterocycles. The predicted octanol–water partition coefficient (Wildman–Crippen LogP) is 7.19. The van der Waals surface area contributed by atoms with Crippen molar-refractivity contribution in [1.82, 2.24) is 10.2 Å². The third-order valence-electron chi connectivity index (χ3n) is 7.88. The maximum atomic E-state index is 13.1. The summed E-state index contributed by atoms with van der Waals surface area (Å²) in [5, 5.41) is 3.90. The van der Waals surface area contributed by atoms with Gasteiger partial charge in [-0.1, -0.05) is 18.2 Å². The van der Waals surface area contributed by atoms with Gasteiger partial charge in [-0.05, 0) is 103 Å². The molecule has 0 radical (unpaired) electrons. The van der Waals surface area contributed by atoms with E-state index in [0.29, 0.717) is 22.6 Å². The van der Waals surface area contributed by atoms with Gasteiger partial charge in [0, 0.05) is 43.0 Å². The Kier molecular flexibility index (Phi) is 8.70. The Morgan fingerprint density at radius 1 is 0.841 bits per heavy atom. The Bertz CT molecular complexity index is 1740. The van der Waals surface area contributed by atoms with Gasteiger partial charge in [0.15, 0.2) is 11.5 Å². The lowest BCUT2D eigenvalue weighted by atomic mass is 10.0. The zero-order valence-corrected chi connectivity index (χ0v) is 24.4. The highest BCUT2D eigenvalue weighted by Gasteiger charge is 2.23. The van der Waals surface area contributed by atoms with E-state index >= 15 is 0 Å². The number of nitrogens with zero attached hydrogens (tertiary/aromatic N) is 1. The molecule has 0 bridgehead atoms. The molecule has 5 aromatic rings. The van der Waals surface area contributed by atoms with Gasteiger partial charge in [-0.15, -0.1) is 0 Å². The number of ketones is 1. The van der Waals surface area contributed by atoms with Crippen molar-refractivity contribution >= 4 is 22.7 Å². The molecular formula is C36H33FN2O5. The third kappa shape index (κ3) is 7.15. The maximum Gasteiger partial charge on any atom is 0.287 e. The number of carbonyl (C=O) groups is 2. The number of hydrogen-bond donors (Lipinski definition) is 1. The van der Waals surface area contributed by atoms with Crippen LogP contribution >= 0.6 is 0 Å². The Balaban J connectivity index is 1.01. The molecule has 1 amide bonds. The van der Waals surface area contributed by atoms with Crippen molar-refractivity contribution in [2.45, 2.75) is 31.8 Å². The largest absolute Gasteiger partial charge is 0.497 e. The Morgan fingerprint density at radius 2 is 1.48 bits per heavy atom. The summed E-state index contributed by atoms with van der Waals surface area (Å²) >= 11 is 0. The number of nitrogens with one attached hydrogen (secondary N) is 1. The van der Waals surface area contributed by atoms with Crippen molar-refractivity contribution < 1.29 is 27.9 Å². The first kappa shape index (κ1) is 29.1. The highest BCUT2D eigenvalue weighted by Crippen LogP contribution is 2.25. The van der Waals surface area contributed by atoms with Crippen LogP contribution in [0.4, 0.5) is 4.39 Å². The topological polar surface area (TPSA) is 81.0 Å². The van der Waals surface area contributed by atoms with Gasteiger partial charge >= 0.3 is 0 Å². The first-order chi connectivity index (χ1) is 21.4. The summed E-state index contributed by atoms with van der Waals surface area (Å²) in [6.45, 7) is 2.67. The Morgan fingerprint density at radius 3 is 2.16 bits per heavy atom. The predicted molar refractivity (Wildman–Crippen MR) is 166 cm³/mol. The van der Waals surface area contributed by atoms with Crippen molar-refractivity contribution in [2.24, 2.45) is 0 Å². The van der Waals surface area contributed by atoms with Crippen molar-refractivity contribution in [2.75, 3.05) is 20.2 Å². The maximum absolute atomic E-state index is 13.1. The molecular weight excluding hydrogens is 559 g/mol. The Labute approximate surface area is 255 Å². The molecule has 1 aliphatic rings. The summed E-state index contributed by atoms with van der Waals surface area (Å²) in [6.07, 6.45) is 1.94. The number of ether oxygens (including phenoxy) is 2. The average Bonchev–Trinajstić information content (AvgIpc) is 3.48. The minimum atomic E-state index is -0.333. The molecule has 44 heavy (non-hydrogen) atoms. The van der Waals surface area contributed by atoms with Crippen LogP contribution < -0.4 is 14.8 Å². The Hall–Kier alpha value is -4.95. The number of hydrogen-bond acceptors (Lipinski definition) is 6. The first-order valence-corrected chi connectivity index (χ1v) is 14.7. The number of methoxy groups -OCH3 is 1. The van der Waals surface area contributed by atoms with Crippen molar-refractivity contribution in [1.29, 1.82) is 0 Å². The summed E-state index contributed by atoms with van der Waals surface area (Å²) in [5.74, 6) is 1.58. The van der Waals surface area contributed by atoms with Crippen LogP contribution in [0.25, 0.3) is 11.0 Å². The van der Waals surface area contributed by atoms with Gasteiger partial charge in [-0.25, -0.2) is 4.39 Å². The number of rotatable bonds is 10. The van der Waals surface area contributed by atoms with Gasteiger partial charge in [-0.2, -0.15) is 0 Å². The normalized spacial score (nSPS) is 14.0. The number of amides is 1. The van der Waals surface area contributed by atoms with Crippen LogP contribution in [-0.4, -0.2) is 42.8 Å². The average molecular weight is 593 g/mol. The number of likely N-dealkylation sites (tertiary alicyclic amines) is 1. The fraction of sp³-hybridized carbons (Fsp3) is 0.222. The van der Waals surface area contributed by atoms with E-state index in [1.54, 1.807) is 55.6 Å². The zero-order chi connectivity index (χ0) is 30.5. The molecule has 8 heteroatoms. The van der Waals surface area contributed by atoms with Gasteiger partial charge in [0.25, 0.3) is 5.91 Å². The number of furan rings is 1. The summed E-state index contributed by atoms with van der Waals surface area (Å²) in [6, 6.07) is 28.1. The summed E-state index contributed by atoms with van der Waals surface area (Å²) in [5.41, 5.74) is 3.22. The van der Waals surface area contributed by atoms with Crippen molar-refractivity contribution in [3.8, 4) is 17.2 Å². The lowest BCUT2D eigenvalue weighted by Gasteiger charge is -2.32. The number of Topliss-reactive ketones (excluding diaryl/α,β-unsaturated/α-hetero) is 1. The van der Waals surface area contributed by atoms with E-state index in [9.17, 15) is 14.0 Å². The fourth-order valence-corrected chi connectivity index (χ4v) is 5.43. The van der Waals surface area contributed by atoms with Gasteiger partial charge in [0.05, 0.1) is 7.11 Å². The number of piperidine rings is 1.